The molecule has 0 spiro atoms. The van der Waals surface area contributed by atoms with E-state index in [-0.39, 0.29) is 11.9 Å². The van der Waals surface area contributed by atoms with Crippen LogP contribution in [0.5, 0.6) is 0 Å². The maximum absolute atomic E-state index is 13.2. The number of hydrogen-bond donors (Lipinski definition) is 2. The average molecular weight is 377 g/mol. The number of carbonyl (C=O) groups is 1. The minimum Gasteiger partial charge on any atom is -0.351 e. The number of aromatic amines is 1. The molecule has 0 saturated heterocycles. The molecule has 3 aromatic rings. The smallest absolute Gasteiger partial charge is 0.270 e. The van der Waals surface area contributed by atoms with E-state index >= 15 is 0 Å². The van der Waals surface area contributed by atoms with Gasteiger partial charge in [-0.3, -0.25) is 9.78 Å². The van der Waals surface area contributed by atoms with Gasteiger partial charge in [-0.1, -0.05) is 24.3 Å². The second-order valence-electron chi connectivity index (χ2n) is 7.62. The first kappa shape index (κ1) is 18.7. The molecule has 2 atom stereocenters. The zero-order valence-corrected chi connectivity index (χ0v) is 16.4. The lowest BCUT2D eigenvalue weighted by Crippen LogP contribution is -2.46. The summed E-state index contributed by atoms with van der Waals surface area (Å²) in [5, 5.41) is 4.75. The third-order valence-electron chi connectivity index (χ3n) is 5.77. The van der Waals surface area contributed by atoms with E-state index in [4.69, 9.17) is 0 Å². The quantitative estimate of drug-likeness (QED) is 0.680. The first-order chi connectivity index (χ1) is 13.7. The highest BCUT2D eigenvalue weighted by Crippen LogP contribution is 2.25. The maximum Gasteiger partial charge on any atom is 0.270 e. The molecule has 4 rings (SSSR count). The zero-order chi connectivity index (χ0) is 19.3. The van der Waals surface area contributed by atoms with Crippen molar-refractivity contribution in [2.75, 3.05) is 6.54 Å². The summed E-state index contributed by atoms with van der Waals surface area (Å²) in [6.45, 7) is 3.63. The van der Waals surface area contributed by atoms with Gasteiger partial charge in [-0.05, 0) is 56.4 Å². The first-order valence-corrected chi connectivity index (χ1v) is 10.3. The van der Waals surface area contributed by atoms with E-state index in [0.29, 0.717) is 11.7 Å². The molecule has 2 aromatic heterocycles. The van der Waals surface area contributed by atoms with Crippen molar-refractivity contribution in [1.29, 1.82) is 0 Å². The number of para-hydroxylation sites is 1. The lowest BCUT2D eigenvalue weighted by molar-refractivity contribution is 0.0623. The number of carbonyl (C=O) groups excluding carboxylic acids is 1. The second-order valence-corrected chi connectivity index (χ2v) is 7.62. The predicted molar refractivity (Wildman–Crippen MR) is 112 cm³/mol. The SMILES string of the molecule is CCN(C(=O)c1cc2ccccc2[nH]1)[C@H]1CCC[C@@H](NCc2cccnc2)C1. The number of nitrogens with zero attached hydrogens (tertiary/aromatic N) is 2. The van der Waals surface area contributed by atoms with E-state index in [0.717, 1.165) is 49.7 Å². The molecule has 0 radical (unpaired) electrons. The van der Waals surface area contributed by atoms with Crippen LogP contribution in [0.1, 0.15) is 48.7 Å². The highest BCUT2D eigenvalue weighted by atomic mass is 16.2. The van der Waals surface area contributed by atoms with Gasteiger partial charge in [-0.2, -0.15) is 0 Å². The molecule has 2 heterocycles. The van der Waals surface area contributed by atoms with Crippen LogP contribution < -0.4 is 5.32 Å². The summed E-state index contributed by atoms with van der Waals surface area (Å²) < 4.78 is 0. The molecule has 5 nitrogen and oxygen atoms in total. The van der Waals surface area contributed by atoms with E-state index in [1.54, 1.807) is 6.20 Å². The van der Waals surface area contributed by atoms with Gasteiger partial charge in [0, 0.05) is 48.5 Å². The van der Waals surface area contributed by atoms with Gasteiger partial charge in [0.15, 0.2) is 0 Å². The molecule has 1 amide bonds. The van der Waals surface area contributed by atoms with Crippen LogP contribution >= 0.6 is 0 Å². The molecule has 1 aromatic carbocycles. The molecule has 1 fully saturated rings. The van der Waals surface area contributed by atoms with Crippen LogP contribution in [0.15, 0.2) is 54.9 Å². The molecule has 2 N–H and O–H groups in total. The molecule has 146 valence electrons. The van der Waals surface area contributed by atoms with Crippen molar-refractivity contribution >= 4 is 16.8 Å². The van der Waals surface area contributed by atoms with E-state index < -0.39 is 0 Å². The number of amides is 1. The first-order valence-electron chi connectivity index (χ1n) is 10.3. The van der Waals surface area contributed by atoms with Gasteiger partial charge in [0.2, 0.25) is 0 Å². The largest absolute Gasteiger partial charge is 0.351 e. The molecular formula is C23H28N4O. The standard InChI is InChI=1S/C23H28N4O/c1-2-27(23(28)22-13-18-8-3-4-11-21(18)26-22)20-10-5-9-19(14-20)25-16-17-7-6-12-24-15-17/h3-4,6-8,11-13,15,19-20,25-26H,2,5,9-10,14,16H2,1H3/t19-,20+/m1/s1. The van der Waals surface area contributed by atoms with Crippen LogP contribution in [-0.2, 0) is 6.54 Å². The van der Waals surface area contributed by atoms with E-state index in [9.17, 15) is 4.79 Å². The Balaban J connectivity index is 1.42. The summed E-state index contributed by atoms with van der Waals surface area (Å²) in [4.78, 5) is 22.7. The Hall–Kier alpha value is -2.66. The van der Waals surface area contributed by atoms with Crippen LogP contribution in [0.2, 0.25) is 0 Å². The molecule has 5 heteroatoms. The van der Waals surface area contributed by atoms with E-state index in [2.05, 4.69) is 28.3 Å². The van der Waals surface area contributed by atoms with Gasteiger partial charge in [-0.25, -0.2) is 0 Å². The number of pyridine rings is 1. The Morgan fingerprint density at radius 1 is 1.25 bits per heavy atom. The molecule has 0 bridgehead atoms. The second kappa shape index (κ2) is 8.57. The molecule has 0 unspecified atom stereocenters. The highest BCUT2D eigenvalue weighted by Gasteiger charge is 2.29. The number of nitrogens with one attached hydrogen (secondary N) is 2. The number of aromatic nitrogens is 2. The summed E-state index contributed by atoms with van der Waals surface area (Å²) in [6, 6.07) is 14.8. The maximum atomic E-state index is 13.2. The topological polar surface area (TPSA) is 61.0 Å². The molecule has 0 aliphatic heterocycles. The number of H-pyrrole nitrogens is 1. The normalized spacial score (nSPS) is 19.6. The fourth-order valence-electron chi connectivity index (χ4n) is 4.31. The van der Waals surface area contributed by atoms with E-state index in [1.807, 2.05) is 47.5 Å². The van der Waals surface area contributed by atoms with Crippen LogP contribution in [0.4, 0.5) is 0 Å². The summed E-state index contributed by atoms with van der Waals surface area (Å²) in [5.74, 6) is 0.108. The van der Waals surface area contributed by atoms with Gasteiger partial charge in [0.05, 0.1) is 0 Å². The van der Waals surface area contributed by atoms with Gasteiger partial charge in [0.1, 0.15) is 5.69 Å². The number of hydrogen-bond acceptors (Lipinski definition) is 3. The van der Waals surface area contributed by atoms with Gasteiger partial charge >= 0.3 is 0 Å². The van der Waals surface area contributed by atoms with Crippen LogP contribution in [0.3, 0.4) is 0 Å². The Morgan fingerprint density at radius 2 is 2.14 bits per heavy atom. The van der Waals surface area contributed by atoms with Gasteiger partial charge in [0.25, 0.3) is 5.91 Å². The van der Waals surface area contributed by atoms with Crippen molar-refractivity contribution in [1.82, 2.24) is 20.2 Å². The summed E-state index contributed by atoms with van der Waals surface area (Å²) in [6.07, 6.45) is 8.09. The Labute approximate surface area is 166 Å². The molecule has 1 saturated carbocycles. The third kappa shape index (κ3) is 4.09. The summed E-state index contributed by atoms with van der Waals surface area (Å²) in [5.41, 5.74) is 2.90. The fourth-order valence-corrected chi connectivity index (χ4v) is 4.31. The van der Waals surface area contributed by atoms with Crippen LogP contribution in [-0.4, -0.2) is 39.4 Å². The Kier molecular flexibility index (Phi) is 5.72. The highest BCUT2D eigenvalue weighted by molar-refractivity contribution is 5.98. The predicted octanol–water partition coefficient (Wildman–Crippen LogP) is 4.13. The van der Waals surface area contributed by atoms with Gasteiger partial charge < -0.3 is 15.2 Å². The average Bonchev–Trinajstić information content (AvgIpc) is 3.18. The minimum atomic E-state index is 0.108. The molecule has 1 aliphatic rings. The van der Waals surface area contributed by atoms with Crippen molar-refractivity contribution in [3.63, 3.8) is 0 Å². The van der Waals surface area contributed by atoms with Crippen molar-refractivity contribution in [2.24, 2.45) is 0 Å². The number of benzene rings is 1. The van der Waals surface area contributed by atoms with E-state index in [1.165, 1.54) is 5.56 Å². The monoisotopic (exact) mass is 376 g/mol. The molecule has 1 aliphatic carbocycles. The summed E-state index contributed by atoms with van der Waals surface area (Å²) >= 11 is 0. The van der Waals surface area contributed by atoms with Crippen LogP contribution in [0.25, 0.3) is 10.9 Å². The summed E-state index contributed by atoms with van der Waals surface area (Å²) in [7, 11) is 0. The Morgan fingerprint density at radius 3 is 2.93 bits per heavy atom. The van der Waals surface area contributed by atoms with Crippen LogP contribution in [0, 0.1) is 0 Å². The Bertz CT molecular complexity index is 888. The number of fused-ring (bicyclic) bond motifs is 1. The zero-order valence-electron chi connectivity index (χ0n) is 16.4. The molecule has 28 heavy (non-hydrogen) atoms. The lowest BCUT2D eigenvalue weighted by Gasteiger charge is -2.37. The van der Waals surface area contributed by atoms with Crippen molar-refractivity contribution in [3.05, 3.63) is 66.1 Å². The van der Waals surface area contributed by atoms with Crippen molar-refractivity contribution < 1.29 is 4.79 Å². The molecular weight excluding hydrogens is 348 g/mol. The lowest BCUT2D eigenvalue weighted by atomic mass is 9.89. The minimum absolute atomic E-state index is 0.108. The van der Waals surface area contributed by atoms with Crippen molar-refractivity contribution in [2.45, 2.75) is 51.2 Å². The number of rotatable bonds is 6. The van der Waals surface area contributed by atoms with Gasteiger partial charge in [-0.15, -0.1) is 0 Å². The fraction of sp³-hybridized carbons (Fsp3) is 0.391. The third-order valence-corrected chi connectivity index (χ3v) is 5.77. The van der Waals surface area contributed by atoms with Crippen molar-refractivity contribution in [3.8, 4) is 0 Å².